The third kappa shape index (κ3) is 1.42. The SMILES string of the molecule is C#Cc1nc(C(C)(C)C)[nH]c1O. The van der Waals surface area contributed by atoms with Crippen LogP contribution < -0.4 is 0 Å². The lowest BCUT2D eigenvalue weighted by molar-refractivity contribution is 0.448. The van der Waals surface area contributed by atoms with Crippen LogP contribution in [0.15, 0.2) is 0 Å². The first-order chi connectivity index (χ1) is 5.45. The Hall–Kier alpha value is -1.43. The zero-order valence-corrected chi connectivity index (χ0v) is 7.47. The average molecular weight is 164 g/mol. The molecule has 0 saturated heterocycles. The Morgan fingerprint density at radius 1 is 1.50 bits per heavy atom. The zero-order valence-electron chi connectivity index (χ0n) is 7.47. The summed E-state index contributed by atoms with van der Waals surface area (Å²) >= 11 is 0. The van der Waals surface area contributed by atoms with E-state index in [1.54, 1.807) is 0 Å². The van der Waals surface area contributed by atoms with Crippen molar-refractivity contribution in [3.8, 4) is 18.2 Å². The summed E-state index contributed by atoms with van der Waals surface area (Å²) in [5.41, 5.74) is 0.159. The molecule has 0 unspecified atom stereocenters. The van der Waals surface area contributed by atoms with Gasteiger partial charge in [-0.3, -0.25) is 0 Å². The minimum Gasteiger partial charge on any atom is -0.493 e. The highest BCUT2D eigenvalue weighted by Gasteiger charge is 2.19. The summed E-state index contributed by atoms with van der Waals surface area (Å²) in [6, 6.07) is 0. The van der Waals surface area contributed by atoms with Crippen molar-refractivity contribution in [1.82, 2.24) is 9.97 Å². The van der Waals surface area contributed by atoms with Crippen LogP contribution in [-0.4, -0.2) is 15.1 Å². The maximum absolute atomic E-state index is 9.23. The van der Waals surface area contributed by atoms with Gasteiger partial charge >= 0.3 is 0 Å². The largest absolute Gasteiger partial charge is 0.493 e. The zero-order chi connectivity index (χ0) is 9.35. The molecule has 3 heteroatoms. The van der Waals surface area contributed by atoms with E-state index in [9.17, 15) is 5.11 Å². The molecule has 0 saturated carbocycles. The Morgan fingerprint density at radius 2 is 2.08 bits per heavy atom. The summed E-state index contributed by atoms with van der Waals surface area (Å²) in [5, 5.41) is 9.23. The van der Waals surface area contributed by atoms with Crippen LogP contribution in [-0.2, 0) is 5.41 Å². The topological polar surface area (TPSA) is 48.9 Å². The van der Waals surface area contributed by atoms with E-state index in [2.05, 4.69) is 15.9 Å². The van der Waals surface area contributed by atoms with Gasteiger partial charge in [-0.1, -0.05) is 20.8 Å². The van der Waals surface area contributed by atoms with Crippen molar-refractivity contribution in [3.05, 3.63) is 11.5 Å². The van der Waals surface area contributed by atoms with Crippen molar-refractivity contribution in [1.29, 1.82) is 0 Å². The lowest BCUT2D eigenvalue weighted by Crippen LogP contribution is -2.13. The van der Waals surface area contributed by atoms with Crippen molar-refractivity contribution < 1.29 is 5.11 Å². The quantitative estimate of drug-likeness (QED) is 0.569. The highest BCUT2D eigenvalue weighted by atomic mass is 16.3. The molecule has 0 aliphatic carbocycles. The third-order valence-corrected chi connectivity index (χ3v) is 1.53. The molecular weight excluding hydrogens is 152 g/mol. The Labute approximate surface area is 71.8 Å². The molecule has 3 nitrogen and oxygen atoms in total. The molecule has 1 heterocycles. The average Bonchev–Trinajstić information content (AvgIpc) is 2.29. The van der Waals surface area contributed by atoms with Gasteiger partial charge in [0.05, 0.1) is 0 Å². The second-order valence-electron chi connectivity index (χ2n) is 3.68. The molecule has 2 N–H and O–H groups in total. The van der Waals surface area contributed by atoms with Crippen LogP contribution in [0.25, 0.3) is 0 Å². The predicted molar refractivity (Wildman–Crippen MR) is 46.9 cm³/mol. The van der Waals surface area contributed by atoms with E-state index in [1.165, 1.54) is 0 Å². The highest BCUT2D eigenvalue weighted by Crippen LogP contribution is 2.22. The lowest BCUT2D eigenvalue weighted by atomic mass is 9.96. The van der Waals surface area contributed by atoms with Crippen molar-refractivity contribution in [2.45, 2.75) is 26.2 Å². The maximum Gasteiger partial charge on any atom is 0.225 e. The number of imidazole rings is 1. The van der Waals surface area contributed by atoms with Crippen LogP contribution in [0, 0.1) is 12.3 Å². The lowest BCUT2D eigenvalue weighted by Gasteiger charge is -2.13. The van der Waals surface area contributed by atoms with E-state index in [0.29, 0.717) is 5.82 Å². The summed E-state index contributed by atoms with van der Waals surface area (Å²) < 4.78 is 0. The van der Waals surface area contributed by atoms with E-state index in [4.69, 9.17) is 6.42 Å². The van der Waals surface area contributed by atoms with E-state index >= 15 is 0 Å². The van der Waals surface area contributed by atoms with Crippen LogP contribution in [0.2, 0.25) is 0 Å². The highest BCUT2D eigenvalue weighted by molar-refractivity contribution is 5.35. The number of hydrogen-bond donors (Lipinski definition) is 2. The summed E-state index contributed by atoms with van der Waals surface area (Å²) in [4.78, 5) is 6.80. The molecule has 12 heavy (non-hydrogen) atoms. The van der Waals surface area contributed by atoms with E-state index in [0.717, 1.165) is 0 Å². The van der Waals surface area contributed by atoms with Crippen molar-refractivity contribution in [3.63, 3.8) is 0 Å². The standard InChI is InChI=1S/C9H12N2O/c1-5-6-7(12)11-8(10-6)9(2,3)4/h1,12H,2-4H3,(H,10,11). The van der Waals surface area contributed by atoms with Crippen molar-refractivity contribution in [2.24, 2.45) is 0 Å². The van der Waals surface area contributed by atoms with Crippen molar-refractivity contribution >= 4 is 0 Å². The first-order valence-corrected chi connectivity index (χ1v) is 3.71. The van der Waals surface area contributed by atoms with Gasteiger partial charge in [0.25, 0.3) is 0 Å². The van der Waals surface area contributed by atoms with Gasteiger partial charge < -0.3 is 10.1 Å². The second kappa shape index (κ2) is 2.56. The van der Waals surface area contributed by atoms with Crippen molar-refractivity contribution in [2.75, 3.05) is 0 Å². The second-order valence-corrected chi connectivity index (χ2v) is 3.68. The van der Waals surface area contributed by atoms with Crippen LogP contribution in [0.3, 0.4) is 0 Å². The fourth-order valence-corrected chi connectivity index (χ4v) is 0.820. The Balaban J connectivity index is 3.16. The number of terminal acetylenes is 1. The van der Waals surface area contributed by atoms with E-state index in [1.807, 2.05) is 20.8 Å². The summed E-state index contributed by atoms with van der Waals surface area (Å²) in [7, 11) is 0. The normalized spacial score (nSPS) is 11.2. The van der Waals surface area contributed by atoms with Gasteiger partial charge in [-0.05, 0) is 5.92 Å². The molecule has 0 aromatic carbocycles. The predicted octanol–water partition coefficient (Wildman–Crippen LogP) is 1.39. The third-order valence-electron chi connectivity index (χ3n) is 1.53. The minimum absolute atomic E-state index is 0.0255. The van der Waals surface area contributed by atoms with Gasteiger partial charge in [0.15, 0.2) is 5.69 Å². The number of nitrogens with one attached hydrogen (secondary N) is 1. The molecule has 0 radical (unpaired) electrons. The molecule has 0 aliphatic heterocycles. The molecule has 1 rings (SSSR count). The smallest absolute Gasteiger partial charge is 0.225 e. The van der Waals surface area contributed by atoms with Crippen LogP contribution in [0.1, 0.15) is 32.3 Å². The Bertz CT molecular complexity index is 325. The summed E-state index contributed by atoms with van der Waals surface area (Å²) in [5.74, 6) is 2.97. The fraction of sp³-hybridized carbons (Fsp3) is 0.444. The van der Waals surface area contributed by atoms with Crippen LogP contribution in [0.5, 0.6) is 5.88 Å². The Morgan fingerprint density at radius 3 is 2.33 bits per heavy atom. The molecule has 0 atom stereocenters. The molecule has 64 valence electrons. The van der Waals surface area contributed by atoms with E-state index in [-0.39, 0.29) is 17.0 Å². The molecule has 0 fully saturated rings. The van der Waals surface area contributed by atoms with Gasteiger partial charge in [0.2, 0.25) is 5.88 Å². The van der Waals surface area contributed by atoms with Crippen LogP contribution >= 0.6 is 0 Å². The monoisotopic (exact) mass is 164 g/mol. The minimum atomic E-state index is -0.118. The molecule has 0 bridgehead atoms. The van der Waals surface area contributed by atoms with Gasteiger partial charge in [0.1, 0.15) is 5.82 Å². The van der Waals surface area contributed by atoms with Gasteiger partial charge in [-0.2, -0.15) is 0 Å². The molecule has 1 aromatic rings. The number of aromatic amines is 1. The van der Waals surface area contributed by atoms with Gasteiger partial charge in [0, 0.05) is 5.41 Å². The van der Waals surface area contributed by atoms with Crippen LogP contribution in [0.4, 0.5) is 0 Å². The number of hydrogen-bond acceptors (Lipinski definition) is 2. The number of aromatic hydroxyl groups is 1. The van der Waals surface area contributed by atoms with Gasteiger partial charge in [-0.15, -0.1) is 6.42 Å². The number of rotatable bonds is 0. The first-order valence-electron chi connectivity index (χ1n) is 3.71. The number of nitrogens with zero attached hydrogens (tertiary/aromatic N) is 1. The summed E-state index contributed by atoms with van der Waals surface area (Å²) in [6.07, 6.45) is 5.11. The van der Waals surface area contributed by atoms with Gasteiger partial charge in [-0.25, -0.2) is 4.98 Å². The Kier molecular flexibility index (Phi) is 1.85. The number of aromatic nitrogens is 2. The molecule has 1 aromatic heterocycles. The number of H-pyrrole nitrogens is 1. The maximum atomic E-state index is 9.23. The molecule has 0 amide bonds. The molecule has 0 aliphatic rings. The molecular formula is C9H12N2O. The van der Waals surface area contributed by atoms with E-state index < -0.39 is 0 Å². The fourth-order valence-electron chi connectivity index (χ4n) is 0.820. The summed E-state index contributed by atoms with van der Waals surface area (Å²) in [6.45, 7) is 5.97. The molecule has 0 spiro atoms. The first kappa shape index (κ1) is 8.66.